The maximum absolute atomic E-state index is 11.7. The molecule has 2 heterocycles. The summed E-state index contributed by atoms with van der Waals surface area (Å²) >= 11 is 0. The van der Waals surface area contributed by atoms with E-state index < -0.39 is 10.2 Å². The van der Waals surface area contributed by atoms with E-state index in [2.05, 4.69) is 6.92 Å². The minimum atomic E-state index is -3.05. The lowest BCUT2D eigenvalue weighted by Crippen LogP contribution is -2.41. The number of hydrogen-bond donors (Lipinski definition) is 0. The minimum absolute atomic E-state index is 0.681. The molecule has 0 N–H and O–H groups in total. The molecule has 13 heavy (non-hydrogen) atoms. The first-order valence-electron chi connectivity index (χ1n) is 4.86. The molecule has 0 atom stereocenters. The first-order valence-corrected chi connectivity index (χ1v) is 6.25. The molecule has 76 valence electrons. The van der Waals surface area contributed by atoms with E-state index in [-0.39, 0.29) is 0 Å². The third-order valence-electron chi connectivity index (χ3n) is 2.80. The van der Waals surface area contributed by atoms with Crippen molar-refractivity contribution in [3.63, 3.8) is 0 Å². The van der Waals surface area contributed by atoms with Crippen molar-refractivity contribution in [1.82, 2.24) is 8.61 Å². The maximum atomic E-state index is 11.7. The van der Waals surface area contributed by atoms with Gasteiger partial charge in [0.25, 0.3) is 10.2 Å². The quantitative estimate of drug-likeness (QED) is 0.606. The topological polar surface area (TPSA) is 40.4 Å². The Bertz CT molecular complexity index is 277. The molecule has 0 amide bonds. The molecule has 0 bridgehead atoms. The predicted octanol–water partition coefficient (Wildman–Crippen LogP) is 0.279. The predicted molar refractivity (Wildman–Crippen MR) is 50.5 cm³/mol. The van der Waals surface area contributed by atoms with Gasteiger partial charge in [-0.1, -0.05) is 6.92 Å². The smallest absolute Gasteiger partial charge is 0.195 e. The van der Waals surface area contributed by atoms with Crippen molar-refractivity contribution in [2.75, 3.05) is 26.2 Å². The average Bonchev–Trinajstić information content (AvgIpc) is 2.87. The number of rotatable bonds is 2. The molecule has 0 unspecified atom stereocenters. The van der Waals surface area contributed by atoms with Gasteiger partial charge in [0.05, 0.1) is 0 Å². The molecule has 0 aliphatic carbocycles. The summed E-state index contributed by atoms with van der Waals surface area (Å²) in [4.78, 5) is 0. The van der Waals surface area contributed by atoms with Gasteiger partial charge in [0, 0.05) is 26.2 Å². The fraction of sp³-hybridized carbons (Fsp3) is 1.00. The molecule has 0 saturated carbocycles. The largest absolute Gasteiger partial charge is 0.282 e. The molecular formula is C8H16N2O2S. The SMILES string of the molecule is CC1CCN(S(=O)(=O)N2CC2)CC1. The van der Waals surface area contributed by atoms with E-state index in [9.17, 15) is 8.42 Å². The van der Waals surface area contributed by atoms with Gasteiger partial charge in [0.2, 0.25) is 0 Å². The summed E-state index contributed by atoms with van der Waals surface area (Å²) in [5.41, 5.74) is 0. The Morgan fingerprint density at radius 1 is 1.00 bits per heavy atom. The third kappa shape index (κ3) is 1.87. The molecule has 0 aromatic carbocycles. The van der Waals surface area contributed by atoms with Crippen LogP contribution in [0.4, 0.5) is 0 Å². The monoisotopic (exact) mass is 204 g/mol. The highest BCUT2D eigenvalue weighted by Gasteiger charge is 2.37. The Hall–Kier alpha value is -0.130. The summed E-state index contributed by atoms with van der Waals surface area (Å²) in [6.07, 6.45) is 2.01. The molecule has 0 spiro atoms. The van der Waals surface area contributed by atoms with E-state index in [0.29, 0.717) is 32.1 Å². The fourth-order valence-electron chi connectivity index (χ4n) is 1.65. The molecule has 4 nitrogen and oxygen atoms in total. The molecule has 0 aromatic rings. The molecule has 2 aliphatic heterocycles. The van der Waals surface area contributed by atoms with Crippen LogP contribution in [0.2, 0.25) is 0 Å². The summed E-state index contributed by atoms with van der Waals surface area (Å²) in [7, 11) is -3.05. The second-order valence-electron chi connectivity index (χ2n) is 3.99. The molecule has 0 aromatic heterocycles. The summed E-state index contributed by atoms with van der Waals surface area (Å²) in [6, 6.07) is 0. The summed E-state index contributed by atoms with van der Waals surface area (Å²) in [6.45, 7) is 5.03. The first-order chi connectivity index (χ1) is 6.10. The van der Waals surface area contributed by atoms with Crippen molar-refractivity contribution in [2.24, 2.45) is 5.92 Å². The molecule has 2 saturated heterocycles. The summed E-state index contributed by atoms with van der Waals surface area (Å²) in [5.74, 6) is 0.681. The van der Waals surface area contributed by atoms with Crippen LogP contribution in [0.25, 0.3) is 0 Å². The molecular weight excluding hydrogens is 188 g/mol. The van der Waals surface area contributed by atoms with E-state index in [0.717, 1.165) is 12.8 Å². The molecule has 2 fully saturated rings. The van der Waals surface area contributed by atoms with Gasteiger partial charge >= 0.3 is 0 Å². The van der Waals surface area contributed by atoms with Gasteiger partial charge in [-0.15, -0.1) is 0 Å². The number of hydrogen-bond acceptors (Lipinski definition) is 2. The van der Waals surface area contributed by atoms with Gasteiger partial charge in [-0.25, -0.2) is 0 Å². The maximum Gasteiger partial charge on any atom is 0.282 e. The average molecular weight is 204 g/mol. The second-order valence-corrected chi connectivity index (χ2v) is 5.92. The van der Waals surface area contributed by atoms with Crippen LogP contribution >= 0.6 is 0 Å². The Morgan fingerprint density at radius 2 is 1.46 bits per heavy atom. The Balaban J connectivity index is 2.01. The lowest BCUT2D eigenvalue weighted by molar-refractivity contribution is 0.280. The molecule has 0 radical (unpaired) electrons. The number of nitrogens with zero attached hydrogens (tertiary/aromatic N) is 2. The summed E-state index contributed by atoms with van der Waals surface area (Å²) in [5, 5.41) is 0. The third-order valence-corrected chi connectivity index (χ3v) is 4.84. The van der Waals surface area contributed by atoms with Crippen LogP contribution in [-0.4, -0.2) is 43.2 Å². The van der Waals surface area contributed by atoms with Crippen molar-refractivity contribution >= 4 is 10.2 Å². The van der Waals surface area contributed by atoms with E-state index in [1.165, 1.54) is 4.31 Å². The van der Waals surface area contributed by atoms with E-state index in [4.69, 9.17) is 0 Å². The molecule has 2 rings (SSSR count). The zero-order valence-electron chi connectivity index (χ0n) is 7.94. The van der Waals surface area contributed by atoms with Gasteiger partial charge in [-0.2, -0.15) is 17.0 Å². The number of piperidine rings is 1. The Labute approximate surface area is 79.7 Å². The van der Waals surface area contributed by atoms with Gasteiger partial charge in [-0.3, -0.25) is 0 Å². The van der Waals surface area contributed by atoms with Crippen molar-refractivity contribution in [2.45, 2.75) is 19.8 Å². The van der Waals surface area contributed by atoms with Crippen molar-refractivity contribution < 1.29 is 8.42 Å². The summed E-state index contributed by atoms with van der Waals surface area (Å²) < 4.78 is 26.6. The van der Waals surface area contributed by atoms with Crippen molar-refractivity contribution in [1.29, 1.82) is 0 Å². The van der Waals surface area contributed by atoms with Gasteiger partial charge in [-0.05, 0) is 18.8 Å². The molecule has 5 heteroatoms. The standard InChI is InChI=1S/C8H16N2O2S/c1-8-2-4-9(5-3-8)13(11,12)10-6-7-10/h8H,2-7H2,1H3. The van der Waals surface area contributed by atoms with Crippen LogP contribution in [0.3, 0.4) is 0 Å². The van der Waals surface area contributed by atoms with Crippen LogP contribution in [-0.2, 0) is 10.2 Å². The lowest BCUT2D eigenvalue weighted by atomic mass is 10.0. The van der Waals surface area contributed by atoms with E-state index >= 15 is 0 Å². The highest BCUT2D eigenvalue weighted by Crippen LogP contribution is 2.23. The first kappa shape index (κ1) is 9.43. The second kappa shape index (κ2) is 3.22. The Kier molecular flexibility index (Phi) is 2.33. The van der Waals surface area contributed by atoms with Crippen LogP contribution in [0.15, 0.2) is 0 Å². The fourth-order valence-corrected chi connectivity index (χ4v) is 3.19. The van der Waals surface area contributed by atoms with Crippen molar-refractivity contribution in [3.8, 4) is 0 Å². The lowest BCUT2D eigenvalue weighted by Gasteiger charge is -2.29. The van der Waals surface area contributed by atoms with Crippen LogP contribution in [0.5, 0.6) is 0 Å². The van der Waals surface area contributed by atoms with Crippen LogP contribution in [0, 0.1) is 5.92 Å². The van der Waals surface area contributed by atoms with Gasteiger partial charge < -0.3 is 0 Å². The van der Waals surface area contributed by atoms with E-state index in [1.807, 2.05) is 0 Å². The van der Waals surface area contributed by atoms with Crippen molar-refractivity contribution in [3.05, 3.63) is 0 Å². The van der Waals surface area contributed by atoms with Crippen LogP contribution in [0.1, 0.15) is 19.8 Å². The van der Waals surface area contributed by atoms with Crippen LogP contribution < -0.4 is 0 Å². The van der Waals surface area contributed by atoms with Gasteiger partial charge in [0.1, 0.15) is 0 Å². The molecule has 2 aliphatic rings. The van der Waals surface area contributed by atoms with E-state index in [1.54, 1.807) is 4.31 Å². The zero-order chi connectivity index (χ0) is 9.47. The highest BCUT2D eigenvalue weighted by atomic mass is 32.2. The zero-order valence-corrected chi connectivity index (χ0v) is 8.76. The Morgan fingerprint density at radius 3 is 1.92 bits per heavy atom. The highest BCUT2D eigenvalue weighted by molar-refractivity contribution is 7.87. The minimum Gasteiger partial charge on any atom is -0.195 e. The van der Waals surface area contributed by atoms with Gasteiger partial charge in [0.15, 0.2) is 0 Å². The normalized spacial score (nSPS) is 27.8.